The molecule has 1 heterocycles. The first-order chi connectivity index (χ1) is 13.6. The number of nitrogens with one attached hydrogen (secondary N) is 1. The van der Waals surface area contributed by atoms with E-state index in [9.17, 15) is 4.79 Å². The number of nitrogens with zero attached hydrogens (tertiary/aromatic N) is 1. The zero-order valence-corrected chi connectivity index (χ0v) is 15.2. The van der Waals surface area contributed by atoms with Gasteiger partial charge in [-0.05, 0) is 55.5 Å². The van der Waals surface area contributed by atoms with Gasteiger partial charge in [-0.15, -0.1) is 0 Å². The van der Waals surface area contributed by atoms with Crippen molar-refractivity contribution >= 4 is 28.2 Å². The highest BCUT2D eigenvalue weighted by Crippen LogP contribution is 2.34. The van der Waals surface area contributed by atoms with Crippen molar-refractivity contribution in [2.75, 3.05) is 5.32 Å². The number of para-hydroxylation sites is 2. The Bertz CT molecular complexity index is 1140. The van der Waals surface area contributed by atoms with Crippen LogP contribution in [0.15, 0.2) is 78.9 Å². The second-order valence-corrected chi connectivity index (χ2v) is 6.39. The van der Waals surface area contributed by atoms with Gasteiger partial charge in [-0.3, -0.25) is 0 Å². The normalized spacial score (nSPS) is 10.6. The number of carboxylic acids is 1. The summed E-state index contributed by atoms with van der Waals surface area (Å²) in [6.45, 7) is 1.93. The fourth-order valence-corrected chi connectivity index (χ4v) is 3.00. The fourth-order valence-electron chi connectivity index (χ4n) is 3.00. The first-order valence-electron chi connectivity index (χ1n) is 8.84. The zero-order valence-electron chi connectivity index (χ0n) is 15.2. The zero-order chi connectivity index (χ0) is 19.5. The highest BCUT2D eigenvalue weighted by molar-refractivity contribution is 5.97. The van der Waals surface area contributed by atoms with Crippen LogP contribution in [0.25, 0.3) is 10.9 Å². The summed E-state index contributed by atoms with van der Waals surface area (Å²) in [6, 6.07) is 24.0. The molecule has 0 radical (unpaired) electrons. The van der Waals surface area contributed by atoms with Gasteiger partial charge in [-0.1, -0.05) is 30.3 Å². The van der Waals surface area contributed by atoms with Crippen LogP contribution < -0.4 is 10.1 Å². The molecule has 2 N–H and O–H groups in total. The Morgan fingerprint density at radius 2 is 1.71 bits per heavy atom. The lowest BCUT2D eigenvalue weighted by Gasteiger charge is -2.14. The van der Waals surface area contributed by atoms with Gasteiger partial charge in [0.1, 0.15) is 11.3 Å². The molecule has 0 saturated heterocycles. The summed E-state index contributed by atoms with van der Waals surface area (Å²) in [7, 11) is 0. The Morgan fingerprint density at radius 1 is 0.964 bits per heavy atom. The minimum absolute atomic E-state index is 0.250. The van der Waals surface area contributed by atoms with E-state index in [0.29, 0.717) is 5.75 Å². The molecule has 0 amide bonds. The van der Waals surface area contributed by atoms with Crippen LogP contribution in [0.2, 0.25) is 0 Å². The molecule has 0 unspecified atom stereocenters. The molecule has 0 saturated carbocycles. The Kier molecular flexibility index (Phi) is 4.64. The minimum atomic E-state index is -0.945. The second kappa shape index (κ2) is 7.40. The predicted octanol–water partition coefficient (Wildman–Crippen LogP) is 5.78. The molecule has 0 atom stereocenters. The number of aromatic carboxylic acids is 1. The number of aryl methyl sites for hydroxylation is 1. The maximum Gasteiger partial charge on any atom is 0.335 e. The van der Waals surface area contributed by atoms with Gasteiger partial charge in [0.2, 0.25) is 0 Å². The Balaban J connectivity index is 1.73. The summed E-state index contributed by atoms with van der Waals surface area (Å²) in [5.74, 6) is 0.480. The maximum atomic E-state index is 11.0. The largest absolute Gasteiger partial charge is 0.478 e. The summed E-state index contributed by atoms with van der Waals surface area (Å²) in [5.41, 5.74) is 3.53. The Morgan fingerprint density at radius 3 is 2.43 bits per heavy atom. The number of anilines is 2. The van der Waals surface area contributed by atoms with Gasteiger partial charge >= 0.3 is 5.97 Å². The Hall–Kier alpha value is -3.86. The van der Waals surface area contributed by atoms with Gasteiger partial charge in [-0.2, -0.15) is 0 Å². The molecular weight excluding hydrogens is 352 g/mol. The molecule has 4 aromatic rings. The first-order valence-corrected chi connectivity index (χ1v) is 8.84. The van der Waals surface area contributed by atoms with E-state index in [4.69, 9.17) is 9.84 Å². The van der Waals surface area contributed by atoms with Crippen molar-refractivity contribution in [1.82, 2.24) is 4.98 Å². The number of carboxylic acid groups (broad SMARTS) is 1. The Labute approximate surface area is 162 Å². The number of carbonyl (C=O) groups is 1. The molecule has 0 fully saturated rings. The number of ether oxygens (including phenoxy) is 1. The van der Waals surface area contributed by atoms with Crippen LogP contribution in [0, 0.1) is 6.92 Å². The van der Waals surface area contributed by atoms with Gasteiger partial charge in [0.05, 0.1) is 5.56 Å². The SMILES string of the molecule is Cc1cc(Nc2ccc(C(=O)O)cc2)c2cccc(Oc3ccccc3)c2n1. The molecule has 0 aliphatic rings. The number of hydrogen-bond donors (Lipinski definition) is 2. The van der Waals surface area contributed by atoms with Crippen LogP contribution in [0.4, 0.5) is 11.4 Å². The molecule has 0 bridgehead atoms. The molecule has 0 aliphatic heterocycles. The van der Waals surface area contributed by atoms with Gasteiger partial charge in [0.25, 0.3) is 0 Å². The molecule has 5 heteroatoms. The molecule has 28 heavy (non-hydrogen) atoms. The number of benzene rings is 3. The second-order valence-electron chi connectivity index (χ2n) is 6.39. The van der Waals surface area contributed by atoms with E-state index in [1.54, 1.807) is 24.3 Å². The number of fused-ring (bicyclic) bond motifs is 1. The highest BCUT2D eigenvalue weighted by Gasteiger charge is 2.11. The van der Waals surface area contributed by atoms with Crippen molar-refractivity contribution in [2.24, 2.45) is 0 Å². The topological polar surface area (TPSA) is 71.5 Å². The minimum Gasteiger partial charge on any atom is -0.478 e. The lowest BCUT2D eigenvalue weighted by molar-refractivity contribution is 0.0697. The third-order valence-electron chi connectivity index (χ3n) is 4.31. The fraction of sp³-hybridized carbons (Fsp3) is 0.0435. The van der Waals surface area contributed by atoms with Crippen LogP contribution >= 0.6 is 0 Å². The number of pyridine rings is 1. The predicted molar refractivity (Wildman–Crippen MR) is 110 cm³/mol. The molecule has 3 aromatic carbocycles. The van der Waals surface area contributed by atoms with Crippen LogP contribution in [0.3, 0.4) is 0 Å². The van der Waals surface area contributed by atoms with Crippen molar-refractivity contribution in [3.8, 4) is 11.5 Å². The summed E-state index contributed by atoms with van der Waals surface area (Å²) >= 11 is 0. The summed E-state index contributed by atoms with van der Waals surface area (Å²) in [5, 5.41) is 13.3. The molecule has 4 rings (SSSR count). The molecule has 5 nitrogen and oxygen atoms in total. The van der Waals surface area contributed by atoms with E-state index in [1.165, 1.54) is 0 Å². The smallest absolute Gasteiger partial charge is 0.335 e. The number of aromatic nitrogens is 1. The third-order valence-corrected chi connectivity index (χ3v) is 4.31. The standard InChI is InChI=1S/C23H18N2O3/c1-15-14-20(25-17-12-10-16(11-13-17)23(26)27)19-8-5-9-21(22(19)24-15)28-18-6-3-2-4-7-18/h2-14H,1H3,(H,24,25)(H,26,27). The third kappa shape index (κ3) is 3.64. The van der Waals surface area contributed by atoms with Crippen LogP contribution in [-0.4, -0.2) is 16.1 Å². The van der Waals surface area contributed by atoms with Crippen molar-refractivity contribution in [1.29, 1.82) is 0 Å². The molecule has 138 valence electrons. The van der Waals surface area contributed by atoms with E-state index in [0.717, 1.165) is 33.7 Å². The van der Waals surface area contributed by atoms with E-state index in [2.05, 4.69) is 10.3 Å². The van der Waals surface area contributed by atoms with Gasteiger partial charge < -0.3 is 15.2 Å². The number of rotatable bonds is 5. The van der Waals surface area contributed by atoms with Gasteiger partial charge in [0, 0.05) is 22.5 Å². The van der Waals surface area contributed by atoms with E-state index >= 15 is 0 Å². The highest BCUT2D eigenvalue weighted by atomic mass is 16.5. The van der Waals surface area contributed by atoms with Crippen LogP contribution in [0.1, 0.15) is 16.1 Å². The average Bonchev–Trinajstić information content (AvgIpc) is 2.70. The average molecular weight is 370 g/mol. The number of hydrogen-bond acceptors (Lipinski definition) is 4. The summed E-state index contributed by atoms with van der Waals surface area (Å²) in [6.07, 6.45) is 0. The summed E-state index contributed by atoms with van der Waals surface area (Å²) in [4.78, 5) is 15.7. The molecule has 1 aromatic heterocycles. The van der Waals surface area contributed by atoms with E-state index < -0.39 is 5.97 Å². The monoisotopic (exact) mass is 370 g/mol. The first kappa shape index (κ1) is 17.5. The quantitative estimate of drug-likeness (QED) is 0.466. The van der Waals surface area contributed by atoms with Gasteiger partial charge in [0.15, 0.2) is 5.75 Å². The maximum absolute atomic E-state index is 11.0. The lowest BCUT2D eigenvalue weighted by atomic mass is 10.1. The molecule has 0 spiro atoms. The molecular formula is C23H18N2O3. The van der Waals surface area contributed by atoms with Crippen molar-refractivity contribution < 1.29 is 14.6 Å². The summed E-state index contributed by atoms with van der Waals surface area (Å²) < 4.78 is 6.04. The van der Waals surface area contributed by atoms with Crippen LogP contribution in [0.5, 0.6) is 11.5 Å². The van der Waals surface area contributed by atoms with E-state index in [1.807, 2.05) is 61.5 Å². The van der Waals surface area contributed by atoms with Crippen molar-refractivity contribution in [3.05, 3.63) is 90.1 Å². The van der Waals surface area contributed by atoms with Gasteiger partial charge in [-0.25, -0.2) is 9.78 Å². The van der Waals surface area contributed by atoms with Crippen molar-refractivity contribution in [3.63, 3.8) is 0 Å². The molecule has 0 aliphatic carbocycles. The lowest BCUT2D eigenvalue weighted by Crippen LogP contribution is -1.98. The van der Waals surface area contributed by atoms with E-state index in [-0.39, 0.29) is 5.56 Å². The van der Waals surface area contributed by atoms with Crippen LogP contribution in [-0.2, 0) is 0 Å². The van der Waals surface area contributed by atoms with Crippen molar-refractivity contribution in [2.45, 2.75) is 6.92 Å².